The van der Waals surface area contributed by atoms with Crippen LogP contribution in [0.25, 0.3) is 5.69 Å². The number of aromatic nitrogens is 5. The molecular formula is C21H22F3N7O2. The molecule has 0 saturated carbocycles. The van der Waals surface area contributed by atoms with Crippen LogP contribution in [0.3, 0.4) is 0 Å². The second kappa shape index (κ2) is 9.14. The molecule has 1 fully saturated rings. The van der Waals surface area contributed by atoms with Gasteiger partial charge in [0.2, 0.25) is 0 Å². The van der Waals surface area contributed by atoms with Crippen LogP contribution in [0.2, 0.25) is 0 Å². The van der Waals surface area contributed by atoms with E-state index in [0.717, 1.165) is 6.07 Å². The molecule has 2 aromatic heterocycles. The number of hydrogen-bond acceptors (Lipinski definition) is 7. The highest BCUT2D eigenvalue weighted by Crippen LogP contribution is 2.26. The van der Waals surface area contributed by atoms with Gasteiger partial charge in [0.15, 0.2) is 5.82 Å². The average molecular weight is 461 g/mol. The summed E-state index contributed by atoms with van der Waals surface area (Å²) >= 11 is 0. The van der Waals surface area contributed by atoms with Crippen molar-refractivity contribution >= 4 is 11.7 Å². The lowest BCUT2D eigenvalue weighted by atomic mass is 10.1. The van der Waals surface area contributed by atoms with Crippen molar-refractivity contribution in [2.45, 2.75) is 39.3 Å². The Balaban J connectivity index is 1.65. The van der Waals surface area contributed by atoms with Crippen LogP contribution in [0.4, 0.5) is 19.0 Å². The molecule has 4 rings (SSSR count). The van der Waals surface area contributed by atoms with Crippen molar-refractivity contribution in [3.8, 4) is 5.69 Å². The fraction of sp³-hybridized carbons (Fsp3) is 0.381. The van der Waals surface area contributed by atoms with Gasteiger partial charge in [0.05, 0.1) is 42.8 Å². The van der Waals surface area contributed by atoms with Crippen molar-refractivity contribution in [3.05, 3.63) is 59.6 Å². The van der Waals surface area contributed by atoms with Crippen LogP contribution < -0.4 is 5.06 Å². The SMILES string of the molecule is Cc1nc(C(F)F)cc(N2C[C@H](C)N(C(=O)c3cc(F)ccc3-n3nccn3)[C@H](C)CO2)n1. The smallest absolute Gasteiger partial charge is 0.280 e. The summed E-state index contributed by atoms with van der Waals surface area (Å²) in [6.07, 6.45) is 0.157. The number of hydroxylamine groups is 1. The molecular weight excluding hydrogens is 439 g/mol. The molecule has 33 heavy (non-hydrogen) atoms. The lowest BCUT2D eigenvalue weighted by Crippen LogP contribution is -2.47. The summed E-state index contributed by atoms with van der Waals surface area (Å²) in [5.74, 6) is -0.642. The topological polar surface area (TPSA) is 89.3 Å². The minimum Gasteiger partial charge on any atom is -0.329 e. The second-order valence-electron chi connectivity index (χ2n) is 7.75. The number of amides is 1. The lowest BCUT2D eigenvalue weighted by Gasteiger charge is -2.32. The molecule has 9 nitrogen and oxygen atoms in total. The van der Waals surface area contributed by atoms with Gasteiger partial charge in [-0.3, -0.25) is 9.63 Å². The first-order chi connectivity index (χ1) is 15.7. The van der Waals surface area contributed by atoms with Crippen molar-refractivity contribution in [2.75, 3.05) is 18.2 Å². The van der Waals surface area contributed by atoms with Crippen LogP contribution in [0.15, 0.2) is 36.7 Å². The summed E-state index contributed by atoms with van der Waals surface area (Å²) in [7, 11) is 0. The van der Waals surface area contributed by atoms with Crippen LogP contribution in [0.1, 0.15) is 42.1 Å². The molecule has 0 spiro atoms. The van der Waals surface area contributed by atoms with Gasteiger partial charge in [0, 0.05) is 12.1 Å². The number of nitrogens with zero attached hydrogens (tertiary/aromatic N) is 7. The second-order valence-corrected chi connectivity index (χ2v) is 7.75. The van der Waals surface area contributed by atoms with E-state index in [4.69, 9.17) is 4.84 Å². The van der Waals surface area contributed by atoms with E-state index in [9.17, 15) is 18.0 Å². The standard InChI is InChI=1S/C21H22F3N7O2/c1-12-10-29(19-9-17(20(23)24)27-14(3)28-19)33-11-13(2)30(12)21(32)16-8-15(22)4-5-18(16)31-25-6-7-26-31/h4-9,12-13,20H,10-11H2,1-3H3/t12-,13+/m0/s1. The molecule has 0 bridgehead atoms. The van der Waals surface area contributed by atoms with Gasteiger partial charge in [-0.25, -0.2) is 28.2 Å². The van der Waals surface area contributed by atoms with Crippen LogP contribution >= 0.6 is 0 Å². The minimum absolute atomic E-state index is 0.0772. The molecule has 1 saturated heterocycles. The third-order valence-corrected chi connectivity index (χ3v) is 5.23. The number of carbonyl (C=O) groups is 1. The molecule has 0 radical (unpaired) electrons. The summed E-state index contributed by atoms with van der Waals surface area (Å²) < 4.78 is 40.5. The molecule has 1 amide bonds. The maximum Gasteiger partial charge on any atom is 0.280 e. The predicted octanol–water partition coefficient (Wildman–Crippen LogP) is 3.11. The lowest BCUT2D eigenvalue weighted by molar-refractivity contribution is 0.0544. The first-order valence-electron chi connectivity index (χ1n) is 10.3. The number of halogens is 3. The summed E-state index contributed by atoms with van der Waals surface area (Å²) in [5, 5.41) is 9.48. The molecule has 3 heterocycles. The van der Waals surface area contributed by atoms with Crippen LogP contribution in [-0.2, 0) is 4.84 Å². The van der Waals surface area contributed by atoms with E-state index in [1.54, 1.807) is 18.7 Å². The molecule has 174 valence electrons. The van der Waals surface area contributed by atoms with E-state index in [1.165, 1.54) is 47.4 Å². The molecule has 0 aliphatic carbocycles. The molecule has 2 atom stereocenters. The van der Waals surface area contributed by atoms with Gasteiger partial charge >= 0.3 is 0 Å². The summed E-state index contributed by atoms with van der Waals surface area (Å²) in [4.78, 5) is 30.2. The third-order valence-electron chi connectivity index (χ3n) is 5.23. The maximum atomic E-state index is 14.1. The number of carbonyl (C=O) groups excluding carboxylic acids is 1. The average Bonchev–Trinajstić information content (AvgIpc) is 3.25. The first-order valence-corrected chi connectivity index (χ1v) is 10.3. The number of alkyl halides is 2. The number of rotatable bonds is 4. The van der Waals surface area contributed by atoms with Crippen LogP contribution in [0.5, 0.6) is 0 Å². The van der Waals surface area contributed by atoms with Gasteiger partial charge in [0.1, 0.15) is 17.3 Å². The molecule has 1 aliphatic rings. The Bertz CT molecular complexity index is 1140. The van der Waals surface area contributed by atoms with Crippen molar-refractivity contribution in [1.29, 1.82) is 0 Å². The fourth-order valence-corrected chi connectivity index (χ4v) is 3.80. The zero-order valence-corrected chi connectivity index (χ0v) is 18.2. The van der Waals surface area contributed by atoms with Crippen molar-refractivity contribution in [3.63, 3.8) is 0 Å². The monoisotopic (exact) mass is 461 g/mol. The van der Waals surface area contributed by atoms with Gasteiger partial charge in [0.25, 0.3) is 12.3 Å². The zero-order valence-electron chi connectivity index (χ0n) is 18.2. The van der Waals surface area contributed by atoms with Gasteiger partial charge in [-0.05, 0) is 39.0 Å². The molecule has 1 aliphatic heterocycles. The quantitative estimate of drug-likeness (QED) is 0.590. The van der Waals surface area contributed by atoms with Crippen LogP contribution in [0, 0.1) is 12.7 Å². The van der Waals surface area contributed by atoms with E-state index in [2.05, 4.69) is 20.2 Å². The van der Waals surface area contributed by atoms with Gasteiger partial charge in [-0.15, -0.1) is 0 Å². The highest BCUT2D eigenvalue weighted by molar-refractivity contribution is 5.98. The number of hydrogen-bond donors (Lipinski definition) is 0. The number of benzene rings is 1. The Hall–Kier alpha value is -3.54. The Labute approximate surface area is 187 Å². The van der Waals surface area contributed by atoms with Crippen molar-refractivity contribution in [1.82, 2.24) is 29.9 Å². The Morgan fingerprint density at radius 3 is 2.55 bits per heavy atom. The minimum atomic E-state index is -2.76. The highest BCUT2D eigenvalue weighted by atomic mass is 19.3. The fourth-order valence-electron chi connectivity index (χ4n) is 3.80. The van der Waals surface area contributed by atoms with E-state index < -0.39 is 35.9 Å². The number of aryl methyl sites for hydroxylation is 1. The number of anilines is 1. The zero-order chi connectivity index (χ0) is 23.7. The summed E-state index contributed by atoms with van der Waals surface area (Å²) in [5.41, 5.74) is 0.0205. The summed E-state index contributed by atoms with van der Waals surface area (Å²) in [6, 6.07) is 4.15. The Morgan fingerprint density at radius 1 is 1.12 bits per heavy atom. The normalized spacial score (nSPS) is 19.1. The molecule has 0 unspecified atom stereocenters. The van der Waals surface area contributed by atoms with Gasteiger partial charge in [-0.2, -0.15) is 15.0 Å². The maximum absolute atomic E-state index is 14.1. The molecule has 1 aromatic carbocycles. The molecule has 3 aromatic rings. The van der Waals surface area contributed by atoms with E-state index in [1.807, 2.05) is 0 Å². The summed E-state index contributed by atoms with van der Waals surface area (Å²) in [6.45, 7) is 5.33. The van der Waals surface area contributed by atoms with Gasteiger partial charge in [-0.1, -0.05) is 0 Å². The highest BCUT2D eigenvalue weighted by Gasteiger charge is 2.34. The molecule has 12 heteroatoms. The van der Waals surface area contributed by atoms with E-state index >= 15 is 0 Å². The molecule has 0 N–H and O–H groups in total. The van der Waals surface area contributed by atoms with Crippen LogP contribution in [-0.4, -0.2) is 61.0 Å². The van der Waals surface area contributed by atoms with Gasteiger partial charge < -0.3 is 4.90 Å². The third kappa shape index (κ3) is 4.65. The van der Waals surface area contributed by atoms with E-state index in [0.29, 0.717) is 5.69 Å². The van der Waals surface area contributed by atoms with Crippen molar-refractivity contribution < 1.29 is 22.8 Å². The Kier molecular flexibility index (Phi) is 6.27. The van der Waals surface area contributed by atoms with Crippen molar-refractivity contribution in [2.24, 2.45) is 0 Å². The Morgan fingerprint density at radius 2 is 1.85 bits per heavy atom. The predicted molar refractivity (Wildman–Crippen MR) is 111 cm³/mol. The first kappa shape index (κ1) is 22.6. The largest absolute Gasteiger partial charge is 0.329 e. The van der Waals surface area contributed by atoms with E-state index in [-0.39, 0.29) is 30.4 Å².